The van der Waals surface area contributed by atoms with Crippen molar-refractivity contribution in [2.75, 3.05) is 13.1 Å². The quantitative estimate of drug-likeness (QED) is 0.770. The highest BCUT2D eigenvalue weighted by atomic mass is 79.9. The lowest BCUT2D eigenvalue weighted by molar-refractivity contribution is 0.0889. The van der Waals surface area contributed by atoms with Crippen molar-refractivity contribution in [1.82, 2.24) is 4.90 Å². The predicted octanol–water partition coefficient (Wildman–Crippen LogP) is 4.29. The molecule has 0 aliphatic carbocycles. The first kappa shape index (κ1) is 14.7. The molecule has 2 nitrogen and oxygen atoms in total. The van der Waals surface area contributed by atoms with E-state index in [1.165, 1.54) is 25.7 Å². The number of Topliss-reactive ketones (excluding diaryl/α,β-unsaturated/α-hetero) is 1. The van der Waals surface area contributed by atoms with Crippen LogP contribution in [0.4, 0.5) is 0 Å². The average molecular weight is 324 g/mol. The fourth-order valence-corrected chi connectivity index (χ4v) is 3.37. The van der Waals surface area contributed by atoms with Crippen LogP contribution >= 0.6 is 15.9 Å². The molecule has 0 amide bonds. The Kier molecular flexibility index (Phi) is 5.59. The maximum Gasteiger partial charge on any atom is 0.177 e. The van der Waals surface area contributed by atoms with Crippen LogP contribution in [0.3, 0.4) is 0 Å². The zero-order chi connectivity index (χ0) is 13.7. The van der Waals surface area contributed by atoms with Gasteiger partial charge in [-0.1, -0.05) is 53.9 Å². The number of ketones is 1. The van der Waals surface area contributed by atoms with Crippen LogP contribution in [-0.4, -0.2) is 29.8 Å². The minimum Gasteiger partial charge on any atom is -0.293 e. The highest BCUT2D eigenvalue weighted by Gasteiger charge is 2.22. The number of carbonyl (C=O) groups excluding carboxylic acids is 1. The summed E-state index contributed by atoms with van der Waals surface area (Å²) in [5, 5.41) is 0. The molecule has 0 aromatic heterocycles. The molecular weight excluding hydrogens is 302 g/mol. The number of likely N-dealkylation sites (tertiary alicyclic amines) is 1. The summed E-state index contributed by atoms with van der Waals surface area (Å²) in [5.74, 6) is 0.229. The number of nitrogens with zero attached hydrogens (tertiary/aromatic N) is 1. The zero-order valence-corrected chi connectivity index (χ0v) is 13.2. The van der Waals surface area contributed by atoms with Gasteiger partial charge in [0.1, 0.15) is 0 Å². The van der Waals surface area contributed by atoms with E-state index < -0.39 is 0 Å². The molecule has 3 heteroatoms. The van der Waals surface area contributed by atoms with Gasteiger partial charge >= 0.3 is 0 Å². The van der Waals surface area contributed by atoms with Crippen LogP contribution in [0, 0.1) is 0 Å². The van der Waals surface area contributed by atoms with Crippen LogP contribution in [0.2, 0.25) is 0 Å². The molecule has 1 aromatic carbocycles. The van der Waals surface area contributed by atoms with Gasteiger partial charge < -0.3 is 0 Å². The normalized spacial score (nSPS) is 21.1. The van der Waals surface area contributed by atoms with E-state index in [0.717, 1.165) is 23.0 Å². The van der Waals surface area contributed by atoms with Gasteiger partial charge in [0.2, 0.25) is 0 Å². The smallest absolute Gasteiger partial charge is 0.177 e. The van der Waals surface area contributed by atoms with Crippen LogP contribution in [0.15, 0.2) is 28.7 Å². The Hall–Kier alpha value is -0.670. The number of hydrogen-bond acceptors (Lipinski definition) is 2. The lowest BCUT2D eigenvalue weighted by atomic mass is 10.1. The van der Waals surface area contributed by atoms with Crippen LogP contribution < -0.4 is 0 Å². The fraction of sp³-hybridized carbons (Fsp3) is 0.562. The van der Waals surface area contributed by atoms with Gasteiger partial charge in [-0.15, -0.1) is 0 Å². The molecule has 2 rings (SSSR count). The number of hydrogen-bond donors (Lipinski definition) is 0. The molecule has 0 saturated carbocycles. The molecule has 1 aliphatic rings. The van der Waals surface area contributed by atoms with Crippen molar-refractivity contribution in [2.24, 2.45) is 0 Å². The summed E-state index contributed by atoms with van der Waals surface area (Å²) in [6.45, 7) is 3.85. The van der Waals surface area contributed by atoms with E-state index in [2.05, 4.69) is 27.8 Å². The average Bonchev–Trinajstić information content (AvgIpc) is 2.64. The lowest BCUT2D eigenvalue weighted by Gasteiger charge is -2.28. The van der Waals surface area contributed by atoms with Crippen LogP contribution in [0.1, 0.15) is 49.4 Å². The molecule has 1 atom stereocenters. The van der Waals surface area contributed by atoms with Crippen molar-refractivity contribution < 1.29 is 4.79 Å². The second-order valence-electron chi connectivity index (χ2n) is 5.28. The minimum atomic E-state index is 0.229. The van der Waals surface area contributed by atoms with E-state index in [0.29, 0.717) is 12.6 Å². The first-order valence-electron chi connectivity index (χ1n) is 7.24. The highest BCUT2D eigenvalue weighted by molar-refractivity contribution is 9.10. The number of halogens is 1. The summed E-state index contributed by atoms with van der Waals surface area (Å²) in [4.78, 5) is 14.8. The van der Waals surface area contributed by atoms with Gasteiger partial charge in [0.25, 0.3) is 0 Å². The Balaban J connectivity index is 2.06. The summed E-state index contributed by atoms with van der Waals surface area (Å²) in [5.41, 5.74) is 0.807. The Bertz CT molecular complexity index is 433. The summed E-state index contributed by atoms with van der Waals surface area (Å²) in [6.07, 6.45) is 6.21. The number of benzene rings is 1. The first-order chi connectivity index (χ1) is 9.22. The van der Waals surface area contributed by atoms with E-state index in [4.69, 9.17) is 0 Å². The van der Waals surface area contributed by atoms with Crippen molar-refractivity contribution in [3.63, 3.8) is 0 Å². The second-order valence-corrected chi connectivity index (χ2v) is 6.14. The Morgan fingerprint density at radius 2 is 2.11 bits per heavy atom. The highest BCUT2D eigenvalue weighted by Crippen LogP contribution is 2.21. The van der Waals surface area contributed by atoms with Gasteiger partial charge in [-0.25, -0.2) is 0 Å². The fourth-order valence-electron chi connectivity index (χ4n) is 2.86. The molecule has 1 saturated heterocycles. The maximum absolute atomic E-state index is 12.4. The third-order valence-electron chi connectivity index (χ3n) is 3.99. The van der Waals surface area contributed by atoms with Gasteiger partial charge in [0.15, 0.2) is 5.78 Å². The molecule has 1 aliphatic heterocycles. The van der Waals surface area contributed by atoms with E-state index in [1.54, 1.807) is 0 Å². The van der Waals surface area contributed by atoms with Gasteiger partial charge in [0.05, 0.1) is 6.54 Å². The third kappa shape index (κ3) is 3.90. The molecule has 0 bridgehead atoms. The molecule has 104 valence electrons. The van der Waals surface area contributed by atoms with Gasteiger partial charge in [-0.05, 0) is 31.9 Å². The Morgan fingerprint density at radius 3 is 2.84 bits per heavy atom. The molecule has 0 N–H and O–H groups in total. The molecule has 1 aromatic rings. The predicted molar refractivity (Wildman–Crippen MR) is 82.6 cm³/mol. The molecule has 19 heavy (non-hydrogen) atoms. The van der Waals surface area contributed by atoms with Gasteiger partial charge in [0, 0.05) is 16.1 Å². The number of rotatable bonds is 4. The first-order valence-corrected chi connectivity index (χ1v) is 8.03. The maximum atomic E-state index is 12.4. The summed E-state index contributed by atoms with van der Waals surface area (Å²) in [6, 6.07) is 8.30. The van der Waals surface area contributed by atoms with Crippen molar-refractivity contribution in [2.45, 2.75) is 45.1 Å². The van der Waals surface area contributed by atoms with Crippen LogP contribution in [0.25, 0.3) is 0 Å². The third-order valence-corrected chi connectivity index (χ3v) is 4.68. The summed E-state index contributed by atoms with van der Waals surface area (Å²) >= 11 is 3.47. The molecule has 1 unspecified atom stereocenters. The molecule has 0 spiro atoms. The van der Waals surface area contributed by atoms with Crippen molar-refractivity contribution in [1.29, 1.82) is 0 Å². The van der Waals surface area contributed by atoms with E-state index in [-0.39, 0.29) is 5.78 Å². The minimum absolute atomic E-state index is 0.229. The van der Waals surface area contributed by atoms with E-state index >= 15 is 0 Å². The zero-order valence-electron chi connectivity index (χ0n) is 11.6. The summed E-state index contributed by atoms with van der Waals surface area (Å²) in [7, 11) is 0. The lowest BCUT2D eigenvalue weighted by Crippen LogP contribution is -2.38. The number of carbonyl (C=O) groups is 1. The monoisotopic (exact) mass is 323 g/mol. The second kappa shape index (κ2) is 7.20. The molecule has 1 fully saturated rings. The SMILES string of the molecule is CCC1CCCCCN1CC(=O)c1ccccc1Br. The van der Waals surface area contributed by atoms with Crippen LogP contribution in [0.5, 0.6) is 0 Å². The Labute approximate surface area is 124 Å². The Morgan fingerprint density at radius 1 is 1.32 bits per heavy atom. The van der Waals surface area contributed by atoms with Gasteiger partial charge in [-0.3, -0.25) is 9.69 Å². The van der Waals surface area contributed by atoms with E-state index in [1.807, 2.05) is 24.3 Å². The largest absolute Gasteiger partial charge is 0.293 e. The standard InChI is InChI=1S/C16H22BrNO/c1-2-13-8-4-3-7-11-18(13)12-16(19)14-9-5-6-10-15(14)17/h5-6,9-10,13H,2-4,7-8,11-12H2,1H3. The van der Waals surface area contributed by atoms with E-state index in [9.17, 15) is 4.79 Å². The topological polar surface area (TPSA) is 20.3 Å². The molecule has 1 heterocycles. The molecular formula is C16H22BrNO. The van der Waals surface area contributed by atoms with Crippen LogP contribution in [-0.2, 0) is 0 Å². The van der Waals surface area contributed by atoms with Crippen molar-refractivity contribution in [3.8, 4) is 0 Å². The molecule has 0 radical (unpaired) electrons. The van der Waals surface area contributed by atoms with Gasteiger partial charge in [-0.2, -0.15) is 0 Å². The summed E-state index contributed by atoms with van der Waals surface area (Å²) < 4.78 is 0.905. The van der Waals surface area contributed by atoms with Crippen molar-refractivity contribution >= 4 is 21.7 Å². The van der Waals surface area contributed by atoms with Crippen molar-refractivity contribution in [3.05, 3.63) is 34.3 Å².